The van der Waals surface area contributed by atoms with Gasteiger partial charge in [-0.25, -0.2) is 4.98 Å². The highest BCUT2D eigenvalue weighted by Crippen LogP contribution is 2.22. The maximum absolute atomic E-state index is 12.5. The van der Waals surface area contributed by atoms with Gasteiger partial charge in [-0.05, 0) is 42.8 Å². The minimum atomic E-state index is -0.261. The summed E-state index contributed by atoms with van der Waals surface area (Å²) in [6.45, 7) is 2.83. The van der Waals surface area contributed by atoms with Crippen molar-refractivity contribution in [2.75, 3.05) is 5.32 Å². The van der Waals surface area contributed by atoms with E-state index in [1.54, 1.807) is 47.7 Å². The summed E-state index contributed by atoms with van der Waals surface area (Å²) < 4.78 is 5.73. The molecule has 0 radical (unpaired) electrons. The molecule has 27 heavy (non-hydrogen) atoms. The van der Waals surface area contributed by atoms with Gasteiger partial charge in [-0.1, -0.05) is 12.1 Å². The number of aryl methyl sites for hydroxylation is 1. The summed E-state index contributed by atoms with van der Waals surface area (Å²) in [7, 11) is 0. The molecular formula is C20H17N3O3S. The average Bonchev–Trinajstić information content (AvgIpc) is 3.26. The number of aromatic nitrogens is 1. The fraction of sp³-hybridized carbons (Fsp3) is 0.150. The normalized spacial score (nSPS) is 12.4. The Labute approximate surface area is 160 Å². The van der Waals surface area contributed by atoms with E-state index < -0.39 is 0 Å². The molecule has 1 aliphatic heterocycles. The van der Waals surface area contributed by atoms with E-state index in [1.165, 1.54) is 0 Å². The molecule has 0 saturated carbocycles. The Hall–Kier alpha value is -3.19. The lowest BCUT2D eigenvalue weighted by Gasteiger charge is -2.09. The zero-order valence-corrected chi connectivity index (χ0v) is 15.4. The molecule has 7 heteroatoms. The van der Waals surface area contributed by atoms with E-state index in [2.05, 4.69) is 15.6 Å². The van der Waals surface area contributed by atoms with Crippen LogP contribution in [0.2, 0.25) is 0 Å². The van der Waals surface area contributed by atoms with Crippen LogP contribution >= 0.6 is 11.3 Å². The van der Waals surface area contributed by atoms with Crippen molar-refractivity contribution in [2.45, 2.75) is 20.1 Å². The lowest BCUT2D eigenvalue weighted by atomic mass is 10.1. The third-order valence-corrected chi connectivity index (χ3v) is 5.02. The number of amides is 2. The van der Waals surface area contributed by atoms with Crippen LogP contribution < -0.4 is 15.4 Å². The Kier molecular flexibility index (Phi) is 4.60. The summed E-state index contributed by atoms with van der Waals surface area (Å²) in [5.41, 5.74) is 3.46. The van der Waals surface area contributed by atoms with Gasteiger partial charge in [-0.3, -0.25) is 9.59 Å². The predicted octanol–water partition coefficient (Wildman–Crippen LogP) is 3.53. The largest absolute Gasteiger partial charge is 0.487 e. The second-order valence-corrected chi connectivity index (χ2v) is 7.25. The highest BCUT2D eigenvalue weighted by Gasteiger charge is 2.19. The molecule has 2 N–H and O–H groups in total. The summed E-state index contributed by atoms with van der Waals surface area (Å²) in [5.74, 6) is 0.221. The summed E-state index contributed by atoms with van der Waals surface area (Å²) in [6.07, 6.45) is 0. The molecule has 4 rings (SSSR count). The Morgan fingerprint density at radius 2 is 2.19 bits per heavy atom. The number of thiazole rings is 1. The van der Waals surface area contributed by atoms with Crippen LogP contribution in [0.15, 0.2) is 47.8 Å². The van der Waals surface area contributed by atoms with E-state index in [1.807, 2.05) is 18.4 Å². The van der Waals surface area contributed by atoms with Crippen LogP contribution in [-0.4, -0.2) is 16.8 Å². The van der Waals surface area contributed by atoms with Gasteiger partial charge in [0.15, 0.2) is 0 Å². The van der Waals surface area contributed by atoms with Gasteiger partial charge in [0.1, 0.15) is 12.4 Å². The summed E-state index contributed by atoms with van der Waals surface area (Å²) in [4.78, 5) is 28.7. The van der Waals surface area contributed by atoms with Crippen molar-refractivity contribution >= 4 is 28.8 Å². The molecular weight excluding hydrogens is 362 g/mol. The van der Waals surface area contributed by atoms with Crippen molar-refractivity contribution in [3.05, 3.63) is 75.2 Å². The van der Waals surface area contributed by atoms with Crippen LogP contribution in [0.1, 0.15) is 37.0 Å². The smallest absolute Gasteiger partial charge is 0.255 e. The molecule has 6 nitrogen and oxygen atoms in total. The van der Waals surface area contributed by atoms with Crippen molar-refractivity contribution in [1.82, 2.24) is 10.3 Å². The summed E-state index contributed by atoms with van der Waals surface area (Å²) >= 11 is 1.57. The molecule has 2 heterocycles. The molecule has 2 amide bonds. The maximum Gasteiger partial charge on any atom is 0.255 e. The number of anilines is 1. The molecule has 136 valence electrons. The van der Waals surface area contributed by atoms with Crippen LogP contribution in [0.3, 0.4) is 0 Å². The SMILES string of the molecule is Cc1nc(COc2cccc(C(=O)Nc3ccc4c(c3)C(=O)NC4)c2)cs1. The minimum absolute atomic E-state index is 0.117. The highest BCUT2D eigenvalue weighted by atomic mass is 32.1. The lowest BCUT2D eigenvalue weighted by molar-refractivity contribution is 0.0964. The first kappa shape index (κ1) is 17.2. The zero-order chi connectivity index (χ0) is 18.8. The van der Waals surface area contributed by atoms with Gasteiger partial charge in [0.2, 0.25) is 0 Å². The molecule has 1 aliphatic rings. The van der Waals surface area contributed by atoms with Crippen LogP contribution in [0.4, 0.5) is 5.69 Å². The van der Waals surface area contributed by atoms with Gasteiger partial charge in [0.05, 0.1) is 10.7 Å². The monoisotopic (exact) mass is 379 g/mol. The standard InChI is InChI=1S/C20H17N3O3S/c1-12-22-16(11-27-12)10-26-17-4-2-3-13(7-17)19(24)23-15-6-5-14-9-21-20(25)18(14)8-15/h2-8,11H,9-10H2,1H3,(H,21,25)(H,23,24). The maximum atomic E-state index is 12.5. The van der Waals surface area contributed by atoms with Crippen LogP contribution in [0, 0.1) is 6.92 Å². The fourth-order valence-electron chi connectivity index (χ4n) is 2.85. The first-order valence-corrected chi connectivity index (χ1v) is 9.33. The number of rotatable bonds is 5. The molecule has 0 aliphatic carbocycles. The summed E-state index contributed by atoms with van der Waals surface area (Å²) in [5, 5.41) is 8.53. The van der Waals surface area contributed by atoms with Crippen molar-refractivity contribution in [2.24, 2.45) is 0 Å². The molecule has 0 atom stereocenters. The number of nitrogens with zero attached hydrogens (tertiary/aromatic N) is 1. The van der Waals surface area contributed by atoms with Gasteiger partial charge in [-0.15, -0.1) is 11.3 Å². The molecule has 0 fully saturated rings. The second-order valence-electron chi connectivity index (χ2n) is 6.18. The van der Waals surface area contributed by atoms with Gasteiger partial charge in [0.25, 0.3) is 11.8 Å². The number of benzene rings is 2. The number of carbonyl (C=O) groups is 2. The summed E-state index contributed by atoms with van der Waals surface area (Å²) in [6, 6.07) is 12.3. The number of hydrogen-bond donors (Lipinski definition) is 2. The third-order valence-electron chi connectivity index (χ3n) is 4.20. The van der Waals surface area contributed by atoms with Crippen LogP contribution in [0.5, 0.6) is 5.75 Å². The Morgan fingerprint density at radius 1 is 1.30 bits per heavy atom. The molecule has 2 aromatic carbocycles. The number of carbonyl (C=O) groups excluding carboxylic acids is 2. The molecule has 3 aromatic rings. The number of fused-ring (bicyclic) bond motifs is 1. The molecule has 0 unspecified atom stereocenters. The minimum Gasteiger partial charge on any atom is -0.487 e. The van der Waals surface area contributed by atoms with E-state index in [-0.39, 0.29) is 11.8 Å². The number of nitrogens with one attached hydrogen (secondary N) is 2. The highest BCUT2D eigenvalue weighted by molar-refractivity contribution is 7.09. The van der Waals surface area contributed by atoms with Crippen molar-refractivity contribution in [1.29, 1.82) is 0 Å². The van der Waals surface area contributed by atoms with E-state index >= 15 is 0 Å². The quantitative estimate of drug-likeness (QED) is 0.711. The Morgan fingerprint density at radius 3 is 3.00 bits per heavy atom. The average molecular weight is 379 g/mol. The van der Waals surface area contributed by atoms with Crippen LogP contribution in [0.25, 0.3) is 0 Å². The lowest BCUT2D eigenvalue weighted by Crippen LogP contribution is -2.14. The van der Waals surface area contributed by atoms with E-state index in [4.69, 9.17) is 4.74 Å². The fourth-order valence-corrected chi connectivity index (χ4v) is 3.45. The topological polar surface area (TPSA) is 80.3 Å². The third kappa shape index (κ3) is 3.83. The van der Waals surface area contributed by atoms with Gasteiger partial charge in [0, 0.05) is 28.7 Å². The van der Waals surface area contributed by atoms with Crippen LogP contribution in [-0.2, 0) is 13.2 Å². The Balaban J connectivity index is 1.44. The number of ether oxygens (including phenoxy) is 1. The Bertz CT molecular complexity index is 1030. The van der Waals surface area contributed by atoms with E-state index in [9.17, 15) is 9.59 Å². The van der Waals surface area contributed by atoms with Crippen molar-refractivity contribution in [3.8, 4) is 5.75 Å². The molecule has 0 spiro atoms. The van der Waals surface area contributed by atoms with Gasteiger partial charge in [-0.2, -0.15) is 0 Å². The first-order valence-electron chi connectivity index (χ1n) is 8.45. The van der Waals surface area contributed by atoms with Gasteiger partial charge >= 0.3 is 0 Å². The zero-order valence-electron chi connectivity index (χ0n) is 14.6. The molecule has 1 aromatic heterocycles. The second kappa shape index (κ2) is 7.20. The molecule has 0 saturated heterocycles. The van der Waals surface area contributed by atoms with Crippen molar-refractivity contribution < 1.29 is 14.3 Å². The first-order chi connectivity index (χ1) is 13.1. The van der Waals surface area contributed by atoms with Crippen molar-refractivity contribution in [3.63, 3.8) is 0 Å². The molecule has 0 bridgehead atoms. The predicted molar refractivity (Wildman–Crippen MR) is 103 cm³/mol. The number of hydrogen-bond acceptors (Lipinski definition) is 5. The van der Waals surface area contributed by atoms with E-state index in [0.717, 1.165) is 16.3 Å². The van der Waals surface area contributed by atoms with Gasteiger partial charge < -0.3 is 15.4 Å². The van der Waals surface area contributed by atoms with E-state index in [0.29, 0.717) is 35.7 Å².